The molecule has 0 atom stereocenters. The molecule has 2 rings (SSSR count). The van der Waals surface area contributed by atoms with Crippen molar-refractivity contribution in [3.8, 4) is 0 Å². The molecule has 0 saturated heterocycles. The van der Waals surface area contributed by atoms with Gasteiger partial charge < -0.3 is 20.1 Å². The fourth-order valence-electron chi connectivity index (χ4n) is 2.73. The highest BCUT2D eigenvalue weighted by Crippen LogP contribution is 2.18. The van der Waals surface area contributed by atoms with Crippen molar-refractivity contribution in [2.45, 2.75) is 13.8 Å². The van der Waals surface area contributed by atoms with E-state index in [1.807, 2.05) is 11.8 Å². The molecule has 0 aliphatic rings. The maximum absolute atomic E-state index is 12.4. The molecular weight excluding hydrogens is 398 g/mol. The Balaban J connectivity index is 2.11. The Hall–Kier alpha value is -4.12. The van der Waals surface area contributed by atoms with E-state index < -0.39 is 11.9 Å². The first-order valence-electron chi connectivity index (χ1n) is 9.62. The highest BCUT2D eigenvalue weighted by molar-refractivity contribution is 6.08. The summed E-state index contributed by atoms with van der Waals surface area (Å²) < 4.78 is 4.98. The fraction of sp³-hybridized carbons (Fsp3) is 0.217. The number of benzene rings is 2. The number of hydrogen-bond acceptors (Lipinski definition) is 5. The van der Waals surface area contributed by atoms with Gasteiger partial charge in [0, 0.05) is 17.9 Å². The van der Waals surface area contributed by atoms with E-state index in [4.69, 9.17) is 16.4 Å². The van der Waals surface area contributed by atoms with Gasteiger partial charge in [-0.2, -0.15) is 0 Å². The summed E-state index contributed by atoms with van der Waals surface area (Å²) in [5.74, 6) is -1.97. The quantitative estimate of drug-likeness (QED) is 0.364. The standard InChI is InChI=1S/C23H23N3O5/c1-4-26(15-21(27)31-5-2)19-12-6-16(7-13-19)14-20(24-3)22(28)25-18-10-8-17(9-11-18)23(29)30/h6-14H,4-5,15H2,1-2H3,(H,25,28)(H,29,30). The Morgan fingerprint density at radius 1 is 1.10 bits per heavy atom. The Labute approximate surface area is 180 Å². The number of hydrogen-bond donors (Lipinski definition) is 2. The number of carboxylic acids is 1. The molecule has 160 valence electrons. The minimum absolute atomic E-state index is 0.100. The lowest BCUT2D eigenvalue weighted by atomic mass is 10.1. The zero-order valence-corrected chi connectivity index (χ0v) is 17.3. The van der Waals surface area contributed by atoms with Crippen molar-refractivity contribution in [1.82, 2.24) is 0 Å². The number of anilines is 2. The van der Waals surface area contributed by atoms with Crippen LogP contribution in [-0.2, 0) is 14.3 Å². The lowest BCUT2D eigenvalue weighted by Crippen LogP contribution is -2.30. The van der Waals surface area contributed by atoms with Crippen LogP contribution in [0.5, 0.6) is 0 Å². The molecule has 2 aromatic rings. The third-order valence-electron chi connectivity index (χ3n) is 4.31. The van der Waals surface area contributed by atoms with Crippen LogP contribution >= 0.6 is 0 Å². The molecule has 1 amide bonds. The molecule has 0 unspecified atom stereocenters. The van der Waals surface area contributed by atoms with Crippen molar-refractivity contribution in [2.75, 3.05) is 29.9 Å². The molecule has 0 aliphatic carbocycles. The third-order valence-corrected chi connectivity index (χ3v) is 4.31. The number of rotatable bonds is 9. The Bertz CT molecular complexity index is 1010. The van der Waals surface area contributed by atoms with Crippen molar-refractivity contribution >= 4 is 35.3 Å². The van der Waals surface area contributed by atoms with Crippen LogP contribution < -0.4 is 10.2 Å². The molecule has 2 N–H and O–H groups in total. The molecule has 0 aromatic heterocycles. The number of carbonyl (C=O) groups is 3. The van der Waals surface area contributed by atoms with E-state index in [0.29, 0.717) is 24.4 Å². The minimum Gasteiger partial charge on any atom is -0.478 e. The number of carboxylic acid groups (broad SMARTS) is 1. The van der Waals surface area contributed by atoms with E-state index in [-0.39, 0.29) is 23.8 Å². The van der Waals surface area contributed by atoms with Gasteiger partial charge in [-0.05, 0) is 61.9 Å². The topological polar surface area (TPSA) is 100 Å². The van der Waals surface area contributed by atoms with E-state index in [1.165, 1.54) is 30.3 Å². The summed E-state index contributed by atoms with van der Waals surface area (Å²) >= 11 is 0. The molecule has 2 aromatic carbocycles. The molecule has 0 aliphatic heterocycles. The highest BCUT2D eigenvalue weighted by Gasteiger charge is 2.13. The van der Waals surface area contributed by atoms with Crippen molar-refractivity contribution in [2.24, 2.45) is 0 Å². The van der Waals surface area contributed by atoms with E-state index in [2.05, 4.69) is 10.2 Å². The van der Waals surface area contributed by atoms with Gasteiger partial charge in [0.1, 0.15) is 6.54 Å². The first-order valence-corrected chi connectivity index (χ1v) is 9.62. The summed E-state index contributed by atoms with van der Waals surface area (Å²) in [7, 11) is 0. The van der Waals surface area contributed by atoms with Gasteiger partial charge >= 0.3 is 11.9 Å². The van der Waals surface area contributed by atoms with Gasteiger partial charge in [-0.1, -0.05) is 12.1 Å². The summed E-state index contributed by atoms with van der Waals surface area (Å²) in [6, 6.07) is 12.8. The van der Waals surface area contributed by atoms with Crippen LogP contribution in [0, 0.1) is 6.57 Å². The molecular formula is C23H23N3O5. The molecule has 0 radical (unpaired) electrons. The summed E-state index contributed by atoms with van der Waals surface area (Å²) in [5.41, 5.74) is 1.84. The number of carbonyl (C=O) groups excluding carboxylic acids is 2. The van der Waals surface area contributed by atoms with Gasteiger partial charge in [0.25, 0.3) is 11.6 Å². The van der Waals surface area contributed by atoms with Crippen LogP contribution in [0.15, 0.2) is 54.2 Å². The first kappa shape index (κ1) is 23.2. The van der Waals surface area contributed by atoms with E-state index >= 15 is 0 Å². The predicted molar refractivity (Wildman–Crippen MR) is 118 cm³/mol. The van der Waals surface area contributed by atoms with Crippen molar-refractivity contribution in [3.63, 3.8) is 0 Å². The molecule has 31 heavy (non-hydrogen) atoms. The fourth-order valence-corrected chi connectivity index (χ4v) is 2.73. The van der Waals surface area contributed by atoms with Crippen LogP contribution in [0.2, 0.25) is 0 Å². The average molecular weight is 421 g/mol. The number of likely N-dealkylation sites (N-methyl/N-ethyl adjacent to an activating group) is 1. The Morgan fingerprint density at radius 2 is 1.74 bits per heavy atom. The van der Waals surface area contributed by atoms with Crippen LogP contribution in [0.3, 0.4) is 0 Å². The van der Waals surface area contributed by atoms with Gasteiger partial charge in [-0.3, -0.25) is 9.59 Å². The van der Waals surface area contributed by atoms with Crippen molar-refractivity contribution in [1.29, 1.82) is 0 Å². The Morgan fingerprint density at radius 3 is 2.26 bits per heavy atom. The lowest BCUT2D eigenvalue weighted by Gasteiger charge is -2.22. The van der Waals surface area contributed by atoms with Gasteiger partial charge in [0.15, 0.2) is 0 Å². The SMILES string of the molecule is [C-]#[N+]C(=Cc1ccc(N(CC)CC(=O)OCC)cc1)C(=O)Nc1ccc(C(=O)O)cc1. The molecule has 0 saturated carbocycles. The van der Waals surface area contributed by atoms with E-state index in [9.17, 15) is 14.4 Å². The largest absolute Gasteiger partial charge is 0.478 e. The van der Waals surface area contributed by atoms with Crippen molar-refractivity contribution < 1.29 is 24.2 Å². The second-order valence-electron chi connectivity index (χ2n) is 6.39. The van der Waals surface area contributed by atoms with Crippen LogP contribution in [0.25, 0.3) is 10.9 Å². The molecule has 0 heterocycles. The summed E-state index contributed by atoms with van der Waals surface area (Å²) in [6.45, 7) is 12.1. The Kier molecular flexibility index (Phi) is 8.34. The number of nitrogens with one attached hydrogen (secondary N) is 1. The minimum atomic E-state index is -1.06. The lowest BCUT2D eigenvalue weighted by molar-refractivity contribution is -0.141. The number of amides is 1. The number of aromatic carboxylic acids is 1. The summed E-state index contributed by atoms with van der Waals surface area (Å²) in [5, 5.41) is 11.5. The van der Waals surface area contributed by atoms with Crippen LogP contribution in [0.1, 0.15) is 29.8 Å². The number of esters is 1. The number of nitrogens with zero attached hydrogens (tertiary/aromatic N) is 2. The van der Waals surface area contributed by atoms with E-state index in [0.717, 1.165) is 5.69 Å². The maximum atomic E-state index is 12.4. The second kappa shape index (κ2) is 11.2. The highest BCUT2D eigenvalue weighted by atomic mass is 16.5. The smallest absolute Gasteiger partial charge is 0.335 e. The van der Waals surface area contributed by atoms with Gasteiger partial charge in [-0.15, -0.1) is 0 Å². The van der Waals surface area contributed by atoms with Crippen LogP contribution in [-0.4, -0.2) is 42.6 Å². The average Bonchev–Trinajstić information content (AvgIpc) is 2.76. The number of ether oxygens (including phenoxy) is 1. The van der Waals surface area contributed by atoms with Gasteiger partial charge in [0.05, 0.1) is 18.7 Å². The summed E-state index contributed by atoms with van der Waals surface area (Å²) in [6.07, 6.45) is 1.46. The van der Waals surface area contributed by atoms with Crippen LogP contribution in [0.4, 0.5) is 11.4 Å². The maximum Gasteiger partial charge on any atom is 0.335 e. The van der Waals surface area contributed by atoms with Gasteiger partial charge in [0.2, 0.25) is 0 Å². The monoisotopic (exact) mass is 421 g/mol. The molecule has 8 nitrogen and oxygen atoms in total. The molecule has 8 heteroatoms. The second-order valence-corrected chi connectivity index (χ2v) is 6.39. The molecule has 0 fully saturated rings. The first-order chi connectivity index (χ1) is 14.9. The van der Waals surface area contributed by atoms with E-state index in [1.54, 1.807) is 31.2 Å². The van der Waals surface area contributed by atoms with Gasteiger partial charge in [-0.25, -0.2) is 9.64 Å². The molecule has 0 bridgehead atoms. The third kappa shape index (κ3) is 6.72. The molecule has 0 spiro atoms. The zero-order chi connectivity index (χ0) is 22.8. The zero-order valence-electron chi connectivity index (χ0n) is 17.3. The summed E-state index contributed by atoms with van der Waals surface area (Å²) in [4.78, 5) is 40.2. The van der Waals surface area contributed by atoms with Crippen molar-refractivity contribution in [3.05, 3.63) is 76.8 Å². The predicted octanol–water partition coefficient (Wildman–Crippen LogP) is 3.67. The normalized spacial score (nSPS) is 10.7.